The zero-order chi connectivity index (χ0) is 16.0. The molecule has 0 aromatic heterocycles. The first-order valence-corrected chi connectivity index (χ1v) is 9.38. The third kappa shape index (κ3) is 4.89. The minimum absolute atomic E-state index is 0.112. The zero-order valence-electron chi connectivity index (χ0n) is 14.0. The van der Waals surface area contributed by atoms with Gasteiger partial charge < -0.3 is 0 Å². The van der Waals surface area contributed by atoms with Gasteiger partial charge in [-0.25, -0.2) is 0 Å². The van der Waals surface area contributed by atoms with Crippen LogP contribution in [-0.4, -0.2) is 23.9 Å². The van der Waals surface area contributed by atoms with Crippen molar-refractivity contribution in [3.63, 3.8) is 0 Å². The molecule has 0 N–H and O–H groups in total. The van der Waals surface area contributed by atoms with Gasteiger partial charge >= 0.3 is 8.53 Å². The SMILES string of the molecule is C=CC(CCC)N(Cc1ccccc1)[PH+]1OCC(C)(C)CO1. The minimum atomic E-state index is -1.43. The van der Waals surface area contributed by atoms with Gasteiger partial charge in [0.1, 0.15) is 13.2 Å². The van der Waals surface area contributed by atoms with E-state index in [0.717, 1.165) is 32.6 Å². The molecular formula is C18H29NO2P+. The Kier molecular flexibility index (Phi) is 6.58. The fraction of sp³-hybridized carbons (Fsp3) is 0.556. The highest BCUT2D eigenvalue weighted by molar-refractivity contribution is 7.44. The summed E-state index contributed by atoms with van der Waals surface area (Å²) in [5, 5.41) is 0. The van der Waals surface area contributed by atoms with E-state index in [0.29, 0.717) is 6.04 Å². The van der Waals surface area contributed by atoms with Crippen molar-refractivity contribution < 1.29 is 9.05 Å². The van der Waals surface area contributed by atoms with Gasteiger partial charge in [0, 0.05) is 5.41 Å². The topological polar surface area (TPSA) is 21.7 Å². The average Bonchev–Trinajstić information content (AvgIpc) is 2.52. The van der Waals surface area contributed by atoms with Crippen molar-refractivity contribution in [2.75, 3.05) is 13.2 Å². The molecular weight excluding hydrogens is 293 g/mol. The third-order valence-electron chi connectivity index (χ3n) is 3.86. The Labute approximate surface area is 136 Å². The largest absolute Gasteiger partial charge is 0.336 e. The molecule has 0 bridgehead atoms. The molecule has 0 amide bonds. The molecule has 0 aliphatic carbocycles. The molecule has 0 saturated carbocycles. The van der Waals surface area contributed by atoms with Crippen LogP contribution in [0.2, 0.25) is 0 Å². The molecule has 22 heavy (non-hydrogen) atoms. The van der Waals surface area contributed by atoms with Crippen molar-refractivity contribution in [1.29, 1.82) is 0 Å². The summed E-state index contributed by atoms with van der Waals surface area (Å²) >= 11 is 0. The normalized spacial score (nSPS) is 20.0. The Bertz CT molecular complexity index is 453. The summed E-state index contributed by atoms with van der Waals surface area (Å²) in [7, 11) is -1.43. The number of benzene rings is 1. The monoisotopic (exact) mass is 322 g/mol. The van der Waals surface area contributed by atoms with Crippen LogP contribution < -0.4 is 0 Å². The van der Waals surface area contributed by atoms with Gasteiger partial charge in [-0.05, 0) is 12.0 Å². The molecule has 4 heteroatoms. The van der Waals surface area contributed by atoms with Crippen LogP contribution in [0.5, 0.6) is 0 Å². The van der Waals surface area contributed by atoms with E-state index in [1.807, 2.05) is 6.08 Å². The summed E-state index contributed by atoms with van der Waals surface area (Å²) in [6.45, 7) is 13.0. The molecule has 1 fully saturated rings. The first-order valence-electron chi connectivity index (χ1n) is 8.11. The highest BCUT2D eigenvalue weighted by atomic mass is 31.2. The molecule has 1 unspecified atom stereocenters. The quantitative estimate of drug-likeness (QED) is 0.528. The van der Waals surface area contributed by atoms with Crippen molar-refractivity contribution in [3.8, 4) is 0 Å². The maximum atomic E-state index is 6.11. The molecule has 1 atom stereocenters. The Morgan fingerprint density at radius 1 is 1.27 bits per heavy atom. The first kappa shape index (κ1) is 17.6. The van der Waals surface area contributed by atoms with E-state index in [-0.39, 0.29) is 5.41 Å². The van der Waals surface area contributed by atoms with Crippen LogP contribution >= 0.6 is 8.53 Å². The second kappa shape index (κ2) is 8.21. The molecule has 0 spiro atoms. The van der Waals surface area contributed by atoms with E-state index in [2.05, 4.69) is 62.4 Å². The molecule has 1 aliphatic heterocycles. The summed E-state index contributed by atoms with van der Waals surface area (Å²) in [6, 6.07) is 10.8. The van der Waals surface area contributed by atoms with E-state index >= 15 is 0 Å². The second-order valence-corrected chi connectivity index (χ2v) is 8.40. The van der Waals surface area contributed by atoms with Crippen LogP contribution in [0.4, 0.5) is 0 Å². The standard InChI is InChI=1S/C18H28NO2P/c1-5-10-17(6-2)19(13-16-11-8-7-9-12-16)22-20-14-18(3,4)15-21-22/h6-9,11-12,17H,2,5,10,13-15H2,1,3-4H3/p+1. The van der Waals surface area contributed by atoms with Crippen molar-refractivity contribution >= 4 is 8.53 Å². The molecule has 0 radical (unpaired) electrons. The maximum Gasteiger partial charge on any atom is 0.336 e. The molecule has 122 valence electrons. The second-order valence-electron chi connectivity index (χ2n) is 6.71. The summed E-state index contributed by atoms with van der Waals surface area (Å²) in [4.78, 5) is 0. The summed E-state index contributed by atoms with van der Waals surface area (Å²) in [5.74, 6) is 0. The molecule has 1 saturated heterocycles. The summed E-state index contributed by atoms with van der Waals surface area (Å²) in [5.41, 5.74) is 1.40. The third-order valence-corrected chi connectivity index (χ3v) is 5.60. The van der Waals surface area contributed by atoms with Crippen LogP contribution in [0.25, 0.3) is 0 Å². The van der Waals surface area contributed by atoms with Crippen molar-refractivity contribution in [2.24, 2.45) is 5.41 Å². The van der Waals surface area contributed by atoms with Gasteiger partial charge in [0.25, 0.3) is 0 Å². The molecule has 2 rings (SSSR count). The van der Waals surface area contributed by atoms with Crippen LogP contribution in [0, 0.1) is 5.41 Å². The average molecular weight is 322 g/mol. The minimum Gasteiger partial charge on any atom is -0.189 e. The van der Waals surface area contributed by atoms with Crippen LogP contribution in [0.1, 0.15) is 39.2 Å². The van der Waals surface area contributed by atoms with Crippen molar-refractivity contribution in [2.45, 2.75) is 46.2 Å². The number of nitrogens with zero attached hydrogens (tertiary/aromatic N) is 1. The molecule has 3 nitrogen and oxygen atoms in total. The van der Waals surface area contributed by atoms with Gasteiger partial charge in [0.05, 0.1) is 12.6 Å². The molecule has 1 aliphatic rings. The molecule has 1 aromatic rings. The van der Waals surface area contributed by atoms with E-state index in [9.17, 15) is 0 Å². The van der Waals surface area contributed by atoms with E-state index in [1.54, 1.807) is 0 Å². The molecule has 1 aromatic carbocycles. The Balaban J connectivity index is 2.12. The summed E-state index contributed by atoms with van der Waals surface area (Å²) < 4.78 is 14.6. The van der Waals surface area contributed by atoms with Gasteiger partial charge in [-0.15, -0.1) is 11.2 Å². The predicted octanol–water partition coefficient (Wildman–Crippen LogP) is 4.88. The lowest BCUT2D eigenvalue weighted by Gasteiger charge is -2.34. The van der Waals surface area contributed by atoms with E-state index in [1.165, 1.54) is 5.56 Å². The van der Waals surface area contributed by atoms with Crippen LogP contribution in [-0.2, 0) is 15.6 Å². The highest BCUT2D eigenvalue weighted by Crippen LogP contribution is 2.51. The highest BCUT2D eigenvalue weighted by Gasteiger charge is 2.41. The fourth-order valence-electron chi connectivity index (χ4n) is 2.56. The van der Waals surface area contributed by atoms with Crippen LogP contribution in [0.3, 0.4) is 0 Å². The van der Waals surface area contributed by atoms with Gasteiger partial charge in [-0.1, -0.05) is 63.6 Å². The fourth-order valence-corrected chi connectivity index (χ4v) is 4.82. The summed E-state index contributed by atoms with van der Waals surface area (Å²) in [6.07, 6.45) is 4.25. The lowest BCUT2D eigenvalue weighted by Crippen LogP contribution is -2.36. The lowest BCUT2D eigenvalue weighted by molar-refractivity contribution is 0.0405. The van der Waals surface area contributed by atoms with E-state index < -0.39 is 8.53 Å². The Morgan fingerprint density at radius 3 is 2.45 bits per heavy atom. The number of rotatable bonds is 7. The zero-order valence-corrected chi connectivity index (χ0v) is 15.0. The first-order chi connectivity index (χ1) is 10.6. The molecule has 1 heterocycles. The Morgan fingerprint density at radius 2 is 1.91 bits per heavy atom. The smallest absolute Gasteiger partial charge is 0.189 e. The van der Waals surface area contributed by atoms with Gasteiger partial charge in [-0.3, -0.25) is 0 Å². The van der Waals surface area contributed by atoms with Gasteiger partial charge in [0.2, 0.25) is 0 Å². The van der Waals surface area contributed by atoms with Gasteiger partial charge in [-0.2, -0.15) is 9.05 Å². The maximum absolute atomic E-state index is 6.11. The van der Waals surface area contributed by atoms with E-state index in [4.69, 9.17) is 9.05 Å². The predicted molar refractivity (Wildman–Crippen MR) is 94.9 cm³/mol. The number of hydrogen-bond donors (Lipinski definition) is 0. The van der Waals surface area contributed by atoms with Crippen molar-refractivity contribution in [3.05, 3.63) is 48.6 Å². The van der Waals surface area contributed by atoms with Crippen molar-refractivity contribution in [1.82, 2.24) is 4.67 Å². The number of hydrogen-bond acceptors (Lipinski definition) is 3. The van der Waals surface area contributed by atoms with Gasteiger partial charge in [0.15, 0.2) is 0 Å². The Hall–Kier alpha value is -0.730. The lowest BCUT2D eigenvalue weighted by atomic mass is 9.97. The van der Waals surface area contributed by atoms with Crippen LogP contribution in [0.15, 0.2) is 43.0 Å².